The van der Waals surface area contributed by atoms with E-state index in [2.05, 4.69) is 49.2 Å². The van der Waals surface area contributed by atoms with Crippen LogP contribution in [0.15, 0.2) is 42.5 Å². The summed E-state index contributed by atoms with van der Waals surface area (Å²) in [5.74, 6) is 0. The fourth-order valence-electron chi connectivity index (χ4n) is 2.45. The molecule has 0 aliphatic rings. The maximum atomic E-state index is 5.92. The molecule has 2 nitrogen and oxygen atoms in total. The monoisotopic (exact) mass is 302 g/mol. The van der Waals surface area contributed by atoms with Crippen molar-refractivity contribution in [2.75, 3.05) is 11.9 Å². The maximum absolute atomic E-state index is 5.92. The van der Waals surface area contributed by atoms with Gasteiger partial charge in [0.1, 0.15) is 0 Å². The predicted octanol–water partition coefficient (Wildman–Crippen LogP) is 4.17. The first-order valence-electron chi connectivity index (χ1n) is 7.26. The second kappa shape index (κ2) is 6.97. The summed E-state index contributed by atoms with van der Waals surface area (Å²) >= 11 is 5.92. The number of hydrogen-bond acceptors (Lipinski definition) is 2. The Kier molecular flexibility index (Phi) is 5.27. The first kappa shape index (κ1) is 15.9. The van der Waals surface area contributed by atoms with Crippen molar-refractivity contribution in [3.05, 3.63) is 64.2 Å². The highest BCUT2D eigenvalue weighted by atomic mass is 35.5. The second-order valence-corrected chi connectivity index (χ2v) is 6.21. The van der Waals surface area contributed by atoms with E-state index >= 15 is 0 Å². The zero-order chi connectivity index (χ0) is 15.4. The average Bonchev–Trinajstić information content (AvgIpc) is 2.43. The van der Waals surface area contributed by atoms with Crippen molar-refractivity contribution in [2.24, 2.45) is 5.73 Å². The topological polar surface area (TPSA) is 29.3 Å². The van der Waals surface area contributed by atoms with Gasteiger partial charge in [-0.3, -0.25) is 0 Å². The van der Waals surface area contributed by atoms with Crippen molar-refractivity contribution in [1.82, 2.24) is 0 Å². The lowest BCUT2D eigenvalue weighted by Gasteiger charge is -2.21. The molecule has 0 aromatic heterocycles. The molecule has 21 heavy (non-hydrogen) atoms. The lowest BCUT2D eigenvalue weighted by Crippen LogP contribution is -2.19. The van der Waals surface area contributed by atoms with E-state index in [9.17, 15) is 0 Å². The number of nitrogens with two attached hydrogens (primary N) is 1. The molecule has 0 fully saturated rings. The lowest BCUT2D eigenvalue weighted by atomic mass is 10.0. The minimum absolute atomic E-state index is 0.196. The summed E-state index contributed by atoms with van der Waals surface area (Å²) in [6.45, 7) is 5.06. The molecule has 0 saturated carbocycles. The van der Waals surface area contributed by atoms with Gasteiger partial charge in [-0.05, 0) is 61.2 Å². The van der Waals surface area contributed by atoms with Crippen LogP contribution in [0.1, 0.15) is 23.6 Å². The van der Waals surface area contributed by atoms with Crippen LogP contribution in [0.3, 0.4) is 0 Å². The van der Waals surface area contributed by atoms with Gasteiger partial charge in [0.25, 0.3) is 0 Å². The van der Waals surface area contributed by atoms with Crippen LogP contribution in [0.2, 0.25) is 5.02 Å². The average molecular weight is 303 g/mol. The summed E-state index contributed by atoms with van der Waals surface area (Å²) in [6, 6.07) is 14.8. The number of hydrogen-bond donors (Lipinski definition) is 1. The molecule has 0 saturated heterocycles. The largest absolute Gasteiger partial charge is 0.370 e. The SMILES string of the molecule is Cc1cc(N(C)Cc2ccc(Cl)cc2)ccc1CC(C)N. The van der Waals surface area contributed by atoms with E-state index in [1.165, 1.54) is 22.4 Å². The third-order valence-corrected chi connectivity index (χ3v) is 3.89. The van der Waals surface area contributed by atoms with Gasteiger partial charge >= 0.3 is 0 Å². The highest BCUT2D eigenvalue weighted by Crippen LogP contribution is 2.21. The smallest absolute Gasteiger partial charge is 0.0426 e. The molecule has 1 atom stereocenters. The minimum atomic E-state index is 0.196. The Morgan fingerprint density at radius 1 is 1.14 bits per heavy atom. The van der Waals surface area contributed by atoms with Gasteiger partial charge in [-0.1, -0.05) is 29.8 Å². The van der Waals surface area contributed by atoms with Gasteiger partial charge in [0.05, 0.1) is 0 Å². The van der Waals surface area contributed by atoms with Crippen LogP contribution in [-0.4, -0.2) is 13.1 Å². The molecule has 0 aliphatic heterocycles. The summed E-state index contributed by atoms with van der Waals surface area (Å²) in [7, 11) is 2.11. The maximum Gasteiger partial charge on any atom is 0.0426 e. The van der Waals surface area contributed by atoms with E-state index in [0.29, 0.717) is 0 Å². The van der Waals surface area contributed by atoms with Gasteiger partial charge in [0.2, 0.25) is 0 Å². The summed E-state index contributed by atoms with van der Waals surface area (Å²) < 4.78 is 0. The summed E-state index contributed by atoms with van der Waals surface area (Å²) in [4.78, 5) is 2.24. The molecular formula is C18H23ClN2. The molecule has 0 spiro atoms. The molecule has 0 aliphatic carbocycles. The van der Waals surface area contributed by atoms with Crippen LogP contribution in [-0.2, 0) is 13.0 Å². The molecule has 2 rings (SSSR count). The van der Waals surface area contributed by atoms with Gasteiger partial charge < -0.3 is 10.6 Å². The van der Waals surface area contributed by atoms with E-state index in [4.69, 9.17) is 17.3 Å². The normalized spacial score (nSPS) is 12.2. The first-order valence-corrected chi connectivity index (χ1v) is 7.64. The molecular weight excluding hydrogens is 280 g/mol. The Bertz CT molecular complexity index is 591. The number of anilines is 1. The highest BCUT2D eigenvalue weighted by molar-refractivity contribution is 6.30. The van der Waals surface area contributed by atoms with Gasteiger partial charge in [-0.2, -0.15) is 0 Å². The van der Waals surface area contributed by atoms with Gasteiger partial charge in [-0.15, -0.1) is 0 Å². The highest BCUT2D eigenvalue weighted by Gasteiger charge is 2.06. The number of halogens is 1. The molecule has 2 aromatic carbocycles. The van der Waals surface area contributed by atoms with Crippen molar-refractivity contribution in [2.45, 2.75) is 32.9 Å². The molecule has 2 aromatic rings. The number of rotatable bonds is 5. The second-order valence-electron chi connectivity index (χ2n) is 5.77. The number of aryl methyl sites for hydroxylation is 1. The summed E-state index contributed by atoms with van der Waals surface area (Å²) in [6.07, 6.45) is 0.924. The van der Waals surface area contributed by atoms with E-state index < -0.39 is 0 Å². The Labute approximate surface area is 132 Å². The molecule has 3 heteroatoms. The Morgan fingerprint density at radius 2 is 1.81 bits per heavy atom. The van der Waals surface area contributed by atoms with E-state index in [-0.39, 0.29) is 6.04 Å². The summed E-state index contributed by atoms with van der Waals surface area (Å²) in [5.41, 5.74) is 11.0. The molecule has 0 amide bonds. The predicted molar refractivity (Wildman–Crippen MR) is 92.1 cm³/mol. The quantitative estimate of drug-likeness (QED) is 0.898. The Morgan fingerprint density at radius 3 is 2.38 bits per heavy atom. The third kappa shape index (κ3) is 4.48. The fourth-order valence-corrected chi connectivity index (χ4v) is 2.57. The van der Waals surface area contributed by atoms with Crippen molar-refractivity contribution >= 4 is 17.3 Å². The fraction of sp³-hybridized carbons (Fsp3) is 0.333. The van der Waals surface area contributed by atoms with Crippen molar-refractivity contribution in [3.8, 4) is 0 Å². The minimum Gasteiger partial charge on any atom is -0.370 e. The van der Waals surface area contributed by atoms with Crippen molar-refractivity contribution in [1.29, 1.82) is 0 Å². The van der Waals surface area contributed by atoms with Crippen LogP contribution in [0.5, 0.6) is 0 Å². The zero-order valence-corrected chi connectivity index (χ0v) is 13.7. The molecule has 0 radical (unpaired) electrons. The molecule has 0 heterocycles. The molecule has 2 N–H and O–H groups in total. The number of benzene rings is 2. The third-order valence-electron chi connectivity index (χ3n) is 3.64. The van der Waals surface area contributed by atoms with Gasteiger partial charge in [-0.25, -0.2) is 0 Å². The van der Waals surface area contributed by atoms with E-state index in [1.807, 2.05) is 19.1 Å². The van der Waals surface area contributed by atoms with Crippen LogP contribution in [0.4, 0.5) is 5.69 Å². The van der Waals surface area contributed by atoms with Crippen LogP contribution in [0.25, 0.3) is 0 Å². The van der Waals surface area contributed by atoms with Crippen LogP contribution >= 0.6 is 11.6 Å². The van der Waals surface area contributed by atoms with Crippen molar-refractivity contribution in [3.63, 3.8) is 0 Å². The van der Waals surface area contributed by atoms with E-state index in [0.717, 1.165) is 18.0 Å². The van der Waals surface area contributed by atoms with Crippen molar-refractivity contribution < 1.29 is 0 Å². The lowest BCUT2D eigenvalue weighted by molar-refractivity contribution is 0.734. The van der Waals surface area contributed by atoms with Gasteiger partial charge in [0.15, 0.2) is 0 Å². The van der Waals surface area contributed by atoms with E-state index in [1.54, 1.807) is 0 Å². The van der Waals surface area contributed by atoms with Crippen LogP contribution < -0.4 is 10.6 Å². The number of nitrogens with zero attached hydrogens (tertiary/aromatic N) is 1. The molecule has 1 unspecified atom stereocenters. The van der Waals surface area contributed by atoms with Crippen LogP contribution in [0, 0.1) is 6.92 Å². The first-order chi connectivity index (χ1) is 9.95. The molecule has 0 bridgehead atoms. The van der Waals surface area contributed by atoms with Gasteiger partial charge in [0, 0.05) is 30.3 Å². The molecule has 112 valence electrons. The summed E-state index contributed by atoms with van der Waals surface area (Å²) in [5, 5.41) is 0.775. The zero-order valence-electron chi connectivity index (χ0n) is 12.9. The standard InChI is InChI=1S/C18H23ClN2/c1-13-10-18(9-6-16(13)11-14(2)20)21(3)12-15-4-7-17(19)8-5-15/h4-10,14H,11-12,20H2,1-3H3. The Hall–Kier alpha value is -1.51. The Balaban J connectivity index is 2.10.